The second-order valence-electron chi connectivity index (χ2n) is 4.95. The molecular weight excluding hydrogens is 246 g/mol. The maximum Gasteiger partial charge on any atom is 0.371 e. The molecule has 1 saturated heterocycles. The summed E-state index contributed by atoms with van der Waals surface area (Å²) in [6, 6.07) is 1.63. The van der Waals surface area contributed by atoms with Gasteiger partial charge in [-0.25, -0.2) is 4.79 Å². The summed E-state index contributed by atoms with van der Waals surface area (Å²) in [5.74, 6) is -0.304. The van der Waals surface area contributed by atoms with Crippen LogP contribution in [0.1, 0.15) is 41.6 Å². The fourth-order valence-corrected chi connectivity index (χ4v) is 2.55. The van der Waals surface area contributed by atoms with Crippen LogP contribution in [0.2, 0.25) is 0 Å². The Bertz CT molecular complexity index is 439. The third-order valence-electron chi connectivity index (χ3n) is 3.49. The highest BCUT2D eigenvalue weighted by Crippen LogP contribution is 2.20. The zero-order valence-corrected chi connectivity index (χ0v) is 11.5. The molecule has 1 aliphatic rings. The van der Waals surface area contributed by atoms with E-state index in [2.05, 4.69) is 4.90 Å². The molecule has 0 radical (unpaired) electrons. The highest BCUT2D eigenvalue weighted by molar-refractivity contribution is 5.84. The molecule has 5 heteroatoms. The topological polar surface area (TPSA) is 62.9 Å². The van der Waals surface area contributed by atoms with Crippen molar-refractivity contribution in [1.29, 1.82) is 0 Å². The molecule has 1 aromatic rings. The Kier molecular flexibility index (Phi) is 4.61. The molecule has 0 aliphatic carbocycles. The summed E-state index contributed by atoms with van der Waals surface area (Å²) in [7, 11) is 0. The fourth-order valence-electron chi connectivity index (χ4n) is 2.55. The Morgan fingerprint density at radius 1 is 1.63 bits per heavy atom. The van der Waals surface area contributed by atoms with Gasteiger partial charge in [0.2, 0.25) is 5.76 Å². The van der Waals surface area contributed by atoms with Crippen LogP contribution in [0, 0.1) is 6.92 Å². The predicted molar refractivity (Wildman–Crippen MR) is 70.3 cm³/mol. The maximum atomic E-state index is 10.9. The monoisotopic (exact) mass is 267 g/mol. The molecule has 1 fully saturated rings. The first-order valence-electron chi connectivity index (χ1n) is 6.76. The number of aromatic carboxylic acids is 1. The summed E-state index contributed by atoms with van der Waals surface area (Å²) in [4.78, 5) is 13.2. The average molecular weight is 267 g/mol. The lowest BCUT2D eigenvalue weighted by Crippen LogP contribution is -2.39. The second-order valence-corrected chi connectivity index (χ2v) is 4.95. The number of ether oxygens (including phenoxy) is 1. The zero-order chi connectivity index (χ0) is 13.8. The first kappa shape index (κ1) is 14.1. The summed E-state index contributed by atoms with van der Waals surface area (Å²) in [6.45, 7) is 7.22. The average Bonchev–Trinajstić information content (AvgIpc) is 2.72. The van der Waals surface area contributed by atoms with Crippen LogP contribution in [0.3, 0.4) is 0 Å². The van der Waals surface area contributed by atoms with Crippen molar-refractivity contribution in [2.24, 2.45) is 0 Å². The Labute approximate surface area is 113 Å². The molecular formula is C14H21NO4. The minimum Gasteiger partial charge on any atom is -0.475 e. The van der Waals surface area contributed by atoms with Crippen molar-refractivity contribution in [3.05, 3.63) is 23.2 Å². The molecule has 19 heavy (non-hydrogen) atoms. The quantitative estimate of drug-likeness (QED) is 0.886. The number of piperidine rings is 1. The van der Waals surface area contributed by atoms with E-state index in [9.17, 15) is 4.79 Å². The smallest absolute Gasteiger partial charge is 0.371 e. The minimum atomic E-state index is -1.01. The molecule has 1 atom stereocenters. The van der Waals surface area contributed by atoms with E-state index in [-0.39, 0.29) is 5.76 Å². The summed E-state index contributed by atoms with van der Waals surface area (Å²) in [5, 5.41) is 8.91. The number of carbonyl (C=O) groups is 1. The molecule has 1 unspecified atom stereocenters. The number of furan rings is 1. The van der Waals surface area contributed by atoms with Gasteiger partial charge in [-0.3, -0.25) is 4.90 Å². The summed E-state index contributed by atoms with van der Waals surface area (Å²) in [5.41, 5.74) is 0.953. The number of rotatable bonds is 5. The lowest BCUT2D eigenvalue weighted by molar-refractivity contribution is 0.00352. The third-order valence-corrected chi connectivity index (χ3v) is 3.49. The molecule has 1 aromatic heterocycles. The second kappa shape index (κ2) is 6.21. The molecule has 0 bridgehead atoms. The summed E-state index contributed by atoms with van der Waals surface area (Å²) >= 11 is 0. The predicted octanol–water partition coefficient (Wildman–Crippen LogP) is 2.29. The minimum absolute atomic E-state index is 0.0193. The van der Waals surface area contributed by atoms with Gasteiger partial charge in [-0.1, -0.05) is 0 Å². The fraction of sp³-hybridized carbons (Fsp3) is 0.643. The Hall–Kier alpha value is -1.33. The Morgan fingerprint density at radius 2 is 2.42 bits per heavy atom. The standard InChI is InChI=1S/C14H21NO4/c1-3-18-12-5-4-6-15(9-12)8-11-7-13(14(16)17)19-10(11)2/h7,12H,3-6,8-9H2,1-2H3,(H,16,17). The molecule has 5 nitrogen and oxygen atoms in total. The first-order valence-corrected chi connectivity index (χ1v) is 6.76. The van der Waals surface area contributed by atoms with Crippen LogP contribution in [-0.4, -0.2) is 41.8 Å². The van der Waals surface area contributed by atoms with Crippen LogP contribution >= 0.6 is 0 Å². The van der Waals surface area contributed by atoms with Crippen molar-refractivity contribution in [2.45, 2.75) is 39.3 Å². The maximum absolute atomic E-state index is 10.9. The van der Waals surface area contributed by atoms with Gasteiger partial charge < -0.3 is 14.3 Å². The molecule has 1 N–H and O–H groups in total. The largest absolute Gasteiger partial charge is 0.475 e. The molecule has 106 valence electrons. The van der Waals surface area contributed by atoms with E-state index in [1.54, 1.807) is 6.07 Å². The normalized spacial score (nSPS) is 20.6. The third kappa shape index (κ3) is 3.58. The number of hydrogen-bond donors (Lipinski definition) is 1. The van der Waals surface area contributed by atoms with Gasteiger partial charge >= 0.3 is 5.97 Å². The van der Waals surface area contributed by atoms with Gasteiger partial charge in [0.1, 0.15) is 5.76 Å². The lowest BCUT2D eigenvalue weighted by Gasteiger charge is -2.32. The summed E-state index contributed by atoms with van der Waals surface area (Å²) in [6.07, 6.45) is 2.52. The van der Waals surface area contributed by atoms with Crippen LogP contribution in [-0.2, 0) is 11.3 Å². The van der Waals surface area contributed by atoms with E-state index in [0.717, 1.165) is 44.6 Å². The van der Waals surface area contributed by atoms with E-state index < -0.39 is 5.97 Å². The van der Waals surface area contributed by atoms with Gasteiger partial charge in [0, 0.05) is 25.3 Å². The van der Waals surface area contributed by atoms with Crippen LogP contribution in [0.15, 0.2) is 10.5 Å². The SMILES string of the molecule is CCOC1CCCN(Cc2cc(C(=O)O)oc2C)C1. The van der Waals surface area contributed by atoms with Gasteiger partial charge in [-0.05, 0) is 39.3 Å². The highest BCUT2D eigenvalue weighted by Gasteiger charge is 2.22. The molecule has 2 rings (SSSR count). The van der Waals surface area contributed by atoms with Crippen LogP contribution in [0.25, 0.3) is 0 Å². The van der Waals surface area contributed by atoms with Crippen molar-refractivity contribution in [3.8, 4) is 0 Å². The molecule has 0 spiro atoms. The van der Waals surface area contributed by atoms with Gasteiger partial charge in [0.25, 0.3) is 0 Å². The van der Waals surface area contributed by atoms with E-state index in [4.69, 9.17) is 14.3 Å². The molecule has 1 aliphatic heterocycles. The molecule has 0 saturated carbocycles. The number of aryl methyl sites for hydroxylation is 1. The van der Waals surface area contributed by atoms with Gasteiger partial charge in [0.05, 0.1) is 6.10 Å². The van der Waals surface area contributed by atoms with Crippen LogP contribution < -0.4 is 0 Å². The van der Waals surface area contributed by atoms with Crippen molar-refractivity contribution in [1.82, 2.24) is 4.90 Å². The van der Waals surface area contributed by atoms with E-state index >= 15 is 0 Å². The first-order chi connectivity index (χ1) is 9.10. The zero-order valence-electron chi connectivity index (χ0n) is 11.5. The van der Waals surface area contributed by atoms with Crippen molar-refractivity contribution < 1.29 is 19.1 Å². The van der Waals surface area contributed by atoms with Crippen molar-refractivity contribution in [2.75, 3.05) is 19.7 Å². The van der Waals surface area contributed by atoms with Crippen LogP contribution in [0.4, 0.5) is 0 Å². The highest BCUT2D eigenvalue weighted by atomic mass is 16.5. The summed E-state index contributed by atoms with van der Waals surface area (Å²) < 4.78 is 10.9. The number of carboxylic acids is 1. The van der Waals surface area contributed by atoms with E-state index in [0.29, 0.717) is 11.9 Å². The molecule has 2 heterocycles. The van der Waals surface area contributed by atoms with Gasteiger partial charge in [-0.15, -0.1) is 0 Å². The number of nitrogens with zero attached hydrogens (tertiary/aromatic N) is 1. The number of hydrogen-bond acceptors (Lipinski definition) is 4. The van der Waals surface area contributed by atoms with Crippen molar-refractivity contribution >= 4 is 5.97 Å². The van der Waals surface area contributed by atoms with E-state index in [1.807, 2.05) is 13.8 Å². The lowest BCUT2D eigenvalue weighted by atomic mass is 10.1. The van der Waals surface area contributed by atoms with Crippen LogP contribution in [0.5, 0.6) is 0 Å². The van der Waals surface area contributed by atoms with Crippen molar-refractivity contribution in [3.63, 3.8) is 0 Å². The molecule has 0 aromatic carbocycles. The van der Waals surface area contributed by atoms with Gasteiger partial charge in [-0.2, -0.15) is 0 Å². The molecule has 0 amide bonds. The number of carboxylic acid groups (broad SMARTS) is 1. The van der Waals surface area contributed by atoms with E-state index in [1.165, 1.54) is 0 Å². The Balaban J connectivity index is 1.98. The van der Waals surface area contributed by atoms with Gasteiger partial charge in [0.15, 0.2) is 0 Å². The Morgan fingerprint density at radius 3 is 3.05 bits per heavy atom. The number of likely N-dealkylation sites (tertiary alicyclic amines) is 1.